The van der Waals surface area contributed by atoms with Gasteiger partial charge < -0.3 is 14.8 Å². The summed E-state index contributed by atoms with van der Waals surface area (Å²) in [5.74, 6) is 2.77. The van der Waals surface area contributed by atoms with Crippen molar-refractivity contribution >= 4 is 11.6 Å². The van der Waals surface area contributed by atoms with Crippen molar-refractivity contribution in [1.82, 2.24) is 19.8 Å². The van der Waals surface area contributed by atoms with Gasteiger partial charge in [0.2, 0.25) is 0 Å². The van der Waals surface area contributed by atoms with Gasteiger partial charge in [-0.3, -0.25) is 0 Å². The molecule has 1 aromatic heterocycles. The number of aromatic nitrogens is 2. The summed E-state index contributed by atoms with van der Waals surface area (Å²) in [6.07, 6.45) is 4.49. The molecule has 0 amide bonds. The van der Waals surface area contributed by atoms with Gasteiger partial charge in [0.15, 0.2) is 0 Å². The number of hydrogen-bond donors (Lipinski definition) is 1. The van der Waals surface area contributed by atoms with Crippen LogP contribution in [0.4, 0.5) is 0 Å². The zero-order chi connectivity index (χ0) is 12.5. The maximum absolute atomic E-state index is 5.97. The van der Waals surface area contributed by atoms with Gasteiger partial charge in [0.1, 0.15) is 11.0 Å². The molecular weight excluding hydrogens is 248 g/mol. The molecule has 18 heavy (non-hydrogen) atoms. The number of halogens is 1. The van der Waals surface area contributed by atoms with Crippen LogP contribution in [0.5, 0.6) is 0 Å². The van der Waals surface area contributed by atoms with Crippen molar-refractivity contribution in [3.8, 4) is 0 Å². The molecule has 5 heteroatoms. The van der Waals surface area contributed by atoms with Crippen molar-refractivity contribution in [2.45, 2.75) is 19.4 Å². The molecule has 4 heterocycles. The monoisotopic (exact) mass is 268 g/mol. The Morgan fingerprint density at radius 3 is 2.78 bits per heavy atom. The van der Waals surface area contributed by atoms with Gasteiger partial charge in [-0.15, -0.1) is 0 Å². The lowest BCUT2D eigenvalue weighted by Crippen LogP contribution is -2.50. The second-order valence-electron chi connectivity index (χ2n) is 5.59. The first-order valence-corrected chi connectivity index (χ1v) is 7.21. The molecule has 3 saturated heterocycles. The van der Waals surface area contributed by atoms with Crippen LogP contribution < -0.4 is 5.32 Å². The topological polar surface area (TPSA) is 33.1 Å². The van der Waals surface area contributed by atoms with Crippen molar-refractivity contribution in [1.29, 1.82) is 0 Å². The van der Waals surface area contributed by atoms with E-state index in [0.29, 0.717) is 5.15 Å². The lowest BCUT2D eigenvalue weighted by atomic mass is 9.79. The molecule has 1 unspecified atom stereocenters. The summed E-state index contributed by atoms with van der Waals surface area (Å²) in [5.41, 5.74) is 0. The van der Waals surface area contributed by atoms with Gasteiger partial charge in [0, 0.05) is 13.6 Å². The third kappa shape index (κ3) is 2.42. The smallest absolute Gasteiger partial charge is 0.128 e. The van der Waals surface area contributed by atoms with E-state index >= 15 is 0 Å². The first-order chi connectivity index (χ1) is 8.74. The van der Waals surface area contributed by atoms with Crippen LogP contribution >= 0.6 is 11.6 Å². The van der Waals surface area contributed by atoms with Crippen LogP contribution in [-0.2, 0) is 13.6 Å². The Bertz CT molecular complexity index is 409. The van der Waals surface area contributed by atoms with Crippen molar-refractivity contribution < 1.29 is 0 Å². The second kappa shape index (κ2) is 5.19. The van der Waals surface area contributed by atoms with Crippen molar-refractivity contribution in [2.24, 2.45) is 18.9 Å². The largest absolute Gasteiger partial charge is 0.321 e. The fraction of sp³-hybridized carbons (Fsp3) is 0.769. The van der Waals surface area contributed by atoms with Gasteiger partial charge in [0.05, 0.1) is 12.7 Å². The number of nitrogens with zero attached hydrogens (tertiary/aromatic N) is 3. The molecule has 0 aromatic carbocycles. The molecule has 100 valence electrons. The van der Waals surface area contributed by atoms with Crippen LogP contribution in [0.2, 0.25) is 5.15 Å². The number of fused-ring (bicyclic) bond motifs is 3. The summed E-state index contributed by atoms with van der Waals surface area (Å²) in [4.78, 5) is 6.91. The summed E-state index contributed by atoms with van der Waals surface area (Å²) in [6.45, 7) is 5.82. The van der Waals surface area contributed by atoms with E-state index in [2.05, 4.69) is 15.2 Å². The molecule has 4 nitrogen and oxygen atoms in total. The summed E-state index contributed by atoms with van der Waals surface area (Å²) in [5, 5.41) is 4.25. The molecule has 4 rings (SSSR count). The van der Waals surface area contributed by atoms with Crippen molar-refractivity contribution in [3.05, 3.63) is 17.2 Å². The quantitative estimate of drug-likeness (QED) is 0.899. The predicted octanol–water partition coefficient (Wildman–Crippen LogP) is 1.50. The molecule has 3 aliphatic rings. The molecule has 2 bridgehead atoms. The summed E-state index contributed by atoms with van der Waals surface area (Å²) in [6, 6.07) is 0. The Balaban J connectivity index is 1.49. The summed E-state index contributed by atoms with van der Waals surface area (Å²) in [7, 11) is 1.96. The fourth-order valence-corrected chi connectivity index (χ4v) is 3.42. The van der Waals surface area contributed by atoms with Crippen molar-refractivity contribution in [3.63, 3.8) is 0 Å². The number of nitrogens with one attached hydrogen (secondary N) is 1. The van der Waals surface area contributed by atoms with Crippen LogP contribution in [0.1, 0.15) is 18.7 Å². The molecule has 0 radical (unpaired) electrons. The van der Waals surface area contributed by atoms with Gasteiger partial charge in [-0.1, -0.05) is 11.6 Å². The highest BCUT2D eigenvalue weighted by Gasteiger charge is 2.33. The molecule has 3 fully saturated rings. The zero-order valence-corrected chi connectivity index (χ0v) is 11.7. The van der Waals surface area contributed by atoms with Crippen LogP contribution in [0.3, 0.4) is 0 Å². The third-order valence-corrected chi connectivity index (χ3v) is 4.86. The van der Waals surface area contributed by atoms with E-state index in [-0.39, 0.29) is 0 Å². The third-order valence-electron chi connectivity index (χ3n) is 4.51. The Morgan fingerprint density at radius 1 is 1.44 bits per heavy atom. The molecule has 0 spiro atoms. The van der Waals surface area contributed by atoms with Gasteiger partial charge in [-0.05, 0) is 44.3 Å². The first-order valence-electron chi connectivity index (χ1n) is 6.83. The molecule has 3 aliphatic heterocycles. The average molecular weight is 269 g/mol. The lowest BCUT2D eigenvalue weighted by Gasteiger charge is -2.45. The number of hydrogen-bond acceptors (Lipinski definition) is 3. The molecule has 0 saturated carbocycles. The van der Waals surface area contributed by atoms with E-state index in [0.717, 1.165) is 30.7 Å². The molecule has 1 N–H and O–H groups in total. The van der Waals surface area contributed by atoms with Gasteiger partial charge in [0.25, 0.3) is 0 Å². The normalized spacial score (nSPS) is 30.9. The van der Waals surface area contributed by atoms with Gasteiger partial charge in [-0.2, -0.15) is 0 Å². The van der Waals surface area contributed by atoms with Crippen LogP contribution in [-0.4, -0.2) is 40.6 Å². The Kier molecular flexibility index (Phi) is 3.59. The molecular formula is C13H21ClN4. The Morgan fingerprint density at radius 2 is 2.22 bits per heavy atom. The Hall–Kier alpha value is -0.580. The number of imidazole rings is 1. The van der Waals surface area contributed by atoms with E-state index in [1.807, 2.05) is 11.6 Å². The first kappa shape index (κ1) is 12.5. The van der Waals surface area contributed by atoms with E-state index in [9.17, 15) is 0 Å². The number of piperidine rings is 3. The SMILES string of the molecule is Cn1c(Cl)cnc1CNCC1CN2CCC1CC2. The van der Waals surface area contributed by atoms with Crippen LogP contribution in [0, 0.1) is 11.8 Å². The predicted molar refractivity (Wildman–Crippen MR) is 72.6 cm³/mol. The summed E-state index contributed by atoms with van der Waals surface area (Å²) >= 11 is 5.97. The van der Waals surface area contributed by atoms with Crippen LogP contribution in [0.15, 0.2) is 6.20 Å². The highest BCUT2D eigenvalue weighted by atomic mass is 35.5. The van der Waals surface area contributed by atoms with E-state index < -0.39 is 0 Å². The molecule has 0 aliphatic carbocycles. The summed E-state index contributed by atoms with van der Waals surface area (Å²) < 4.78 is 1.94. The minimum atomic E-state index is 0.703. The van der Waals surface area contributed by atoms with E-state index in [1.165, 1.54) is 32.5 Å². The maximum Gasteiger partial charge on any atom is 0.128 e. The Labute approximate surface area is 113 Å². The minimum absolute atomic E-state index is 0.703. The second-order valence-corrected chi connectivity index (χ2v) is 5.97. The highest BCUT2D eigenvalue weighted by Crippen LogP contribution is 2.31. The minimum Gasteiger partial charge on any atom is -0.321 e. The lowest BCUT2D eigenvalue weighted by molar-refractivity contribution is 0.0508. The fourth-order valence-electron chi connectivity index (χ4n) is 3.28. The standard InChI is InChI=1S/C13H21ClN4/c1-17-12(14)7-16-13(17)8-15-6-11-9-18-4-2-10(11)3-5-18/h7,10-11,15H,2-6,8-9H2,1H3. The van der Waals surface area contributed by atoms with Gasteiger partial charge >= 0.3 is 0 Å². The molecule has 1 atom stereocenters. The average Bonchev–Trinajstić information content (AvgIpc) is 2.72. The van der Waals surface area contributed by atoms with E-state index in [1.54, 1.807) is 6.20 Å². The molecule has 1 aromatic rings. The van der Waals surface area contributed by atoms with Crippen molar-refractivity contribution in [2.75, 3.05) is 26.2 Å². The highest BCUT2D eigenvalue weighted by molar-refractivity contribution is 6.29. The van der Waals surface area contributed by atoms with Crippen LogP contribution in [0.25, 0.3) is 0 Å². The maximum atomic E-state index is 5.97. The van der Waals surface area contributed by atoms with Gasteiger partial charge in [-0.25, -0.2) is 4.98 Å². The zero-order valence-electron chi connectivity index (χ0n) is 10.9. The van der Waals surface area contributed by atoms with E-state index in [4.69, 9.17) is 11.6 Å². The number of rotatable bonds is 4.